The SMILES string of the molecule is O=C(O)N1CC2CC1CN2c1cc(Cl)ncn1. The monoisotopic (exact) mass is 254 g/mol. The number of nitrogens with zero attached hydrogens (tertiary/aromatic N) is 4. The van der Waals surface area contributed by atoms with Gasteiger partial charge in [0.2, 0.25) is 0 Å². The third-order valence-corrected chi connectivity index (χ3v) is 3.61. The predicted octanol–water partition coefficient (Wildman–Crippen LogP) is 1.07. The molecule has 0 spiro atoms. The topological polar surface area (TPSA) is 69.6 Å². The summed E-state index contributed by atoms with van der Waals surface area (Å²) < 4.78 is 0. The highest BCUT2D eigenvalue weighted by Gasteiger charge is 2.45. The highest BCUT2D eigenvalue weighted by molar-refractivity contribution is 6.29. The zero-order valence-electron chi connectivity index (χ0n) is 8.95. The minimum Gasteiger partial charge on any atom is -0.465 e. The highest BCUT2D eigenvalue weighted by Crippen LogP contribution is 2.33. The van der Waals surface area contributed by atoms with Crippen molar-refractivity contribution in [1.29, 1.82) is 0 Å². The lowest BCUT2D eigenvalue weighted by atomic mass is 10.2. The maximum atomic E-state index is 10.9. The molecule has 2 aliphatic heterocycles. The number of aromatic nitrogens is 2. The number of carbonyl (C=O) groups is 1. The molecule has 0 radical (unpaired) electrons. The van der Waals surface area contributed by atoms with E-state index in [2.05, 4.69) is 14.9 Å². The molecule has 2 fully saturated rings. The lowest BCUT2D eigenvalue weighted by molar-refractivity contribution is 0.137. The van der Waals surface area contributed by atoms with E-state index in [9.17, 15) is 4.79 Å². The molecule has 1 N–H and O–H groups in total. The Morgan fingerprint density at radius 1 is 1.41 bits per heavy atom. The number of carboxylic acid groups (broad SMARTS) is 1. The Kier molecular flexibility index (Phi) is 2.32. The Labute approximate surface area is 103 Å². The van der Waals surface area contributed by atoms with Crippen molar-refractivity contribution in [3.8, 4) is 0 Å². The van der Waals surface area contributed by atoms with E-state index in [1.807, 2.05) is 0 Å². The van der Waals surface area contributed by atoms with Crippen LogP contribution in [0.1, 0.15) is 6.42 Å². The van der Waals surface area contributed by atoms with Crippen LogP contribution in [0.2, 0.25) is 5.15 Å². The zero-order chi connectivity index (χ0) is 12.0. The van der Waals surface area contributed by atoms with E-state index >= 15 is 0 Å². The van der Waals surface area contributed by atoms with Crippen LogP contribution in [0.25, 0.3) is 0 Å². The first-order valence-corrected chi connectivity index (χ1v) is 5.76. The summed E-state index contributed by atoms with van der Waals surface area (Å²) in [6.45, 7) is 1.23. The van der Waals surface area contributed by atoms with Gasteiger partial charge in [-0.1, -0.05) is 11.6 Å². The van der Waals surface area contributed by atoms with Gasteiger partial charge in [0, 0.05) is 19.2 Å². The van der Waals surface area contributed by atoms with Crippen molar-refractivity contribution in [2.24, 2.45) is 0 Å². The number of likely N-dealkylation sites (tertiary alicyclic amines) is 1. The summed E-state index contributed by atoms with van der Waals surface area (Å²) in [5.41, 5.74) is 0. The number of hydrogen-bond acceptors (Lipinski definition) is 4. The number of hydrogen-bond donors (Lipinski definition) is 1. The van der Waals surface area contributed by atoms with Crippen LogP contribution in [0.4, 0.5) is 10.6 Å². The molecule has 2 atom stereocenters. The van der Waals surface area contributed by atoms with Crippen molar-refractivity contribution in [2.75, 3.05) is 18.0 Å². The van der Waals surface area contributed by atoms with Crippen LogP contribution in [-0.4, -0.2) is 51.2 Å². The van der Waals surface area contributed by atoms with E-state index < -0.39 is 6.09 Å². The van der Waals surface area contributed by atoms with Gasteiger partial charge in [-0.3, -0.25) is 0 Å². The van der Waals surface area contributed by atoms with Crippen LogP contribution in [-0.2, 0) is 0 Å². The molecular formula is C10H11ClN4O2. The Morgan fingerprint density at radius 2 is 2.24 bits per heavy atom. The maximum absolute atomic E-state index is 10.9. The molecule has 2 bridgehead atoms. The molecule has 2 saturated heterocycles. The number of fused-ring (bicyclic) bond motifs is 2. The van der Waals surface area contributed by atoms with Crippen LogP contribution >= 0.6 is 11.6 Å². The number of amides is 1. The smallest absolute Gasteiger partial charge is 0.407 e. The molecule has 2 aliphatic rings. The van der Waals surface area contributed by atoms with Crippen LogP contribution in [0.3, 0.4) is 0 Å². The van der Waals surface area contributed by atoms with Gasteiger partial charge >= 0.3 is 6.09 Å². The molecule has 0 aromatic carbocycles. The van der Waals surface area contributed by atoms with Crippen LogP contribution in [0.15, 0.2) is 12.4 Å². The molecule has 7 heteroatoms. The average Bonchev–Trinajstić information content (AvgIpc) is 2.87. The first kappa shape index (κ1) is 10.6. The van der Waals surface area contributed by atoms with Gasteiger partial charge in [0.05, 0.1) is 12.1 Å². The summed E-state index contributed by atoms with van der Waals surface area (Å²) in [5.74, 6) is 0.780. The van der Waals surface area contributed by atoms with Crippen molar-refractivity contribution in [2.45, 2.75) is 18.5 Å². The largest absolute Gasteiger partial charge is 0.465 e. The third-order valence-electron chi connectivity index (χ3n) is 3.40. The first-order chi connectivity index (χ1) is 8.15. The molecule has 1 amide bonds. The van der Waals surface area contributed by atoms with E-state index in [0.717, 1.165) is 12.2 Å². The van der Waals surface area contributed by atoms with E-state index in [1.54, 1.807) is 6.07 Å². The summed E-state index contributed by atoms with van der Waals surface area (Å²) in [6, 6.07) is 2.00. The van der Waals surface area contributed by atoms with Crippen molar-refractivity contribution in [1.82, 2.24) is 14.9 Å². The van der Waals surface area contributed by atoms with Crippen molar-refractivity contribution < 1.29 is 9.90 Å². The number of anilines is 1. The predicted molar refractivity (Wildman–Crippen MR) is 61.3 cm³/mol. The molecule has 1 aromatic heterocycles. The maximum Gasteiger partial charge on any atom is 0.407 e. The molecule has 0 aliphatic carbocycles. The second-order valence-electron chi connectivity index (χ2n) is 4.33. The van der Waals surface area contributed by atoms with Gasteiger partial charge in [0.1, 0.15) is 17.3 Å². The van der Waals surface area contributed by atoms with Crippen LogP contribution in [0.5, 0.6) is 0 Å². The lowest BCUT2D eigenvalue weighted by Gasteiger charge is -2.33. The van der Waals surface area contributed by atoms with E-state index in [1.165, 1.54) is 11.2 Å². The third kappa shape index (κ3) is 1.68. The molecule has 1 aromatic rings. The van der Waals surface area contributed by atoms with Crippen LogP contribution in [0, 0.1) is 0 Å². The normalized spacial score (nSPS) is 26.6. The second-order valence-corrected chi connectivity index (χ2v) is 4.72. The van der Waals surface area contributed by atoms with Gasteiger partial charge < -0.3 is 14.9 Å². The number of halogens is 1. The standard InChI is InChI=1S/C10H11ClN4O2/c11-8-2-9(13-5-12-8)14-3-7-1-6(14)4-15(7)10(16)17/h2,5-7H,1,3-4H2,(H,16,17). The quantitative estimate of drug-likeness (QED) is 0.759. The van der Waals surface area contributed by atoms with Crippen molar-refractivity contribution in [3.05, 3.63) is 17.5 Å². The zero-order valence-corrected chi connectivity index (χ0v) is 9.71. The summed E-state index contributed by atoms with van der Waals surface area (Å²) in [5, 5.41) is 9.41. The van der Waals surface area contributed by atoms with E-state index in [-0.39, 0.29) is 12.1 Å². The fourth-order valence-electron chi connectivity index (χ4n) is 2.66. The van der Waals surface area contributed by atoms with Gasteiger partial charge in [-0.25, -0.2) is 14.8 Å². The Hall–Kier alpha value is -1.56. The van der Waals surface area contributed by atoms with E-state index in [4.69, 9.17) is 16.7 Å². The first-order valence-electron chi connectivity index (χ1n) is 5.39. The molecule has 3 heterocycles. The van der Waals surface area contributed by atoms with Gasteiger partial charge in [-0.15, -0.1) is 0 Å². The minimum absolute atomic E-state index is 0.0752. The molecular weight excluding hydrogens is 244 g/mol. The van der Waals surface area contributed by atoms with Gasteiger partial charge in [-0.2, -0.15) is 0 Å². The second kappa shape index (κ2) is 3.73. The van der Waals surface area contributed by atoms with Gasteiger partial charge in [0.15, 0.2) is 0 Å². The average molecular weight is 255 g/mol. The molecule has 90 valence electrons. The summed E-state index contributed by atoms with van der Waals surface area (Å²) in [4.78, 5) is 22.6. The summed E-state index contributed by atoms with van der Waals surface area (Å²) in [7, 11) is 0. The summed E-state index contributed by atoms with van der Waals surface area (Å²) >= 11 is 5.82. The van der Waals surface area contributed by atoms with Crippen LogP contribution < -0.4 is 4.90 Å². The fraction of sp³-hybridized carbons (Fsp3) is 0.500. The molecule has 6 nitrogen and oxygen atoms in total. The number of rotatable bonds is 1. The number of piperazine rings is 1. The molecule has 3 rings (SSSR count). The molecule has 0 saturated carbocycles. The molecule has 2 unspecified atom stereocenters. The van der Waals surface area contributed by atoms with Crippen molar-refractivity contribution in [3.63, 3.8) is 0 Å². The molecule has 17 heavy (non-hydrogen) atoms. The van der Waals surface area contributed by atoms with E-state index in [0.29, 0.717) is 18.2 Å². The Balaban J connectivity index is 1.80. The Bertz CT molecular complexity index is 469. The Morgan fingerprint density at radius 3 is 2.82 bits per heavy atom. The van der Waals surface area contributed by atoms with Crippen molar-refractivity contribution >= 4 is 23.5 Å². The fourth-order valence-corrected chi connectivity index (χ4v) is 2.80. The minimum atomic E-state index is -0.835. The van der Waals surface area contributed by atoms with Gasteiger partial charge in [-0.05, 0) is 6.42 Å². The summed E-state index contributed by atoms with van der Waals surface area (Å²) in [6.07, 6.45) is 1.46. The lowest BCUT2D eigenvalue weighted by Crippen LogP contribution is -2.48. The van der Waals surface area contributed by atoms with Gasteiger partial charge in [0.25, 0.3) is 0 Å². The highest BCUT2D eigenvalue weighted by atomic mass is 35.5.